The number of guanidine groups is 1. The average molecular weight is 409 g/mol. The first-order chi connectivity index (χ1) is 9.81. The summed E-state index contributed by atoms with van der Waals surface area (Å²) in [4.78, 5) is 4.30. The van der Waals surface area contributed by atoms with Gasteiger partial charge in [0.2, 0.25) is 0 Å². The highest BCUT2D eigenvalue weighted by atomic mass is 127. The van der Waals surface area contributed by atoms with Crippen molar-refractivity contribution in [1.29, 1.82) is 0 Å². The number of hydrogen-bond donors (Lipinski definition) is 2. The Hall–Kier alpha value is -0.0400. The van der Waals surface area contributed by atoms with Gasteiger partial charge in [-0.1, -0.05) is 26.2 Å². The first-order valence-corrected chi connectivity index (χ1v) is 8.38. The Labute approximate surface area is 146 Å². The predicted molar refractivity (Wildman–Crippen MR) is 99.5 cm³/mol. The number of hydrogen-bond acceptors (Lipinski definition) is 2. The second kappa shape index (κ2) is 10.6. The third-order valence-corrected chi connectivity index (χ3v) is 4.85. The Balaban J connectivity index is 0.00000220. The highest BCUT2D eigenvalue weighted by Crippen LogP contribution is 2.29. The van der Waals surface area contributed by atoms with Crippen LogP contribution in [0.2, 0.25) is 0 Å². The van der Waals surface area contributed by atoms with Gasteiger partial charge in [-0.15, -0.1) is 24.0 Å². The quantitative estimate of drug-likeness (QED) is 0.417. The summed E-state index contributed by atoms with van der Waals surface area (Å²) < 4.78 is 5.62. The van der Waals surface area contributed by atoms with E-state index >= 15 is 0 Å². The number of nitrogens with zero attached hydrogens (tertiary/aromatic N) is 1. The van der Waals surface area contributed by atoms with Crippen LogP contribution in [0.1, 0.15) is 51.9 Å². The zero-order chi connectivity index (χ0) is 14.2. The highest BCUT2D eigenvalue weighted by molar-refractivity contribution is 14.0. The molecule has 0 amide bonds. The van der Waals surface area contributed by atoms with Crippen LogP contribution in [0.5, 0.6) is 0 Å². The van der Waals surface area contributed by atoms with Gasteiger partial charge in [-0.2, -0.15) is 0 Å². The summed E-state index contributed by atoms with van der Waals surface area (Å²) in [6.45, 7) is 5.17. The fourth-order valence-corrected chi connectivity index (χ4v) is 3.32. The second-order valence-electron chi connectivity index (χ2n) is 6.26. The van der Waals surface area contributed by atoms with Crippen LogP contribution < -0.4 is 10.6 Å². The molecule has 0 spiro atoms. The standard InChI is InChI=1S/C16H31N3O.HI/c1-3-13-6-8-14(9-7-13)11-18-16(17-2)19-12-15-5-4-10-20-15;/h13-15H,3-12H2,1-2H3,(H2,17,18,19);1H. The van der Waals surface area contributed by atoms with Gasteiger partial charge in [-0.25, -0.2) is 0 Å². The van der Waals surface area contributed by atoms with Crippen molar-refractivity contribution in [2.24, 2.45) is 16.8 Å². The smallest absolute Gasteiger partial charge is 0.191 e. The monoisotopic (exact) mass is 409 g/mol. The normalized spacial score (nSPS) is 29.8. The molecule has 1 saturated heterocycles. The zero-order valence-electron chi connectivity index (χ0n) is 13.6. The van der Waals surface area contributed by atoms with E-state index in [2.05, 4.69) is 22.5 Å². The number of rotatable bonds is 5. The van der Waals surface area contributed by atoms with Gasteiger partial charge in [0.05, 0.1) is 6.10 Å². The van der Waals surface area contributed by atoms with Crippen molar-refractivity contribution >= 4 is 29.9 Å². The van der Waals surface area contributed by atoms with Gasteiger partial charge in [0.1, 0.15) is 0 Å². The lowest BCUT2D eigenvalue weighted by molar-refractivity contribution is 0.113. The SMILES string of the molecule is CCC1CCC(CNC(=NC)NCC2CCCO2)CC1.I. The average Bonchev–Trinajstić information content (AvgIpc) is 3.01. The van der Waals surface area contributed by atoms with E-state index in [1.807, 2.05) is 7.05 Å². The molecule has 0 radical (unpaired) electrons. The van der Waals surface area contributed by atoms with E-state index in [1.165, 1.54) is 44.9 Å². The molecule has 1 unspecified atom stereocenters. The minimum Gasteiger partial charge on any atom is -0.376 e. The molecule has 1 atom stereocenters. The summed E-state index contributed by atoms with van der Waals surface area (Å²) in [5.74, 6) is 2.72. The van der Waals surface area contributed by atoms with Crippen LogP contribution >= 0.6 is 24.0 Å². The van der Waals surface area contributed by atoms with Gasteiger partial charge >= 0.3 is 0 Å². The fourth-order valence-electron chi connectivity index (χ4n) is 3.32. The number of nitrogens with one attached hydrogen (secondary N) is 2. The van der Waals surface area contributed by atoms with Crippen molar-refractivity contribution < 1.29 is 4.74 Å². The van der Waals surface area contributed by atoms with Gasteiger partial charge < -0.3 is 15.4 Å². The van der Waals surface area contributed by atoms with E-state index < -0.39 is 0 Å². The molecule has 1 aliphatic carbocycles. The van der Waals surface area contributed by atoms with Crippen LogP contribution in [0, 0.1) is 11.8 Å². The Morgan fingerprint density at radius 1 is 1.05 bits per heavy atom. The molecule has 2 rings (SSSR count). The van der Waals surface area contributed by atoms with E-state index in [4.69, 9.17) is 4.74 Å². The Morgan fingerprint density at radius 3 is 2.29 bits per heavy atom. The molecule has 2 aliphatic rings. The summed E-state index contributed by atoms with van der Waals surface area (Å²) in [5, 5.41) is 6.86. The first-order valence-electron chi connectivity index (χ1n) is 8.38. The topological polar surface area (TPSA) is 45.7 Å². The summed E-state index contributed by atoms with van der Waals surface area (Å²) in [7, 11) is 1.85. The van der Waals surface area contributed by atoms with Crippen LogP contribution in [0.4, 0.5) is 0 Å². The molecule has 124 valence electrons. The molecule has 5 heteroatoms. The van der Waals surface area contributed by atoms with Crippen LogP contribution in [0.15, 0.2) is 4.99 Å². The van der Waals surface area contributed by atoms with Crippen molar-refractivity contribution in [1.82, 2.24) is 10.6 Å². The molecule has 1 saturated carbocycles. The van der Waals surface area contributed by atoms with Crippen molar-refractivity contribution in [3.05, 3.63) is 0 Å². The van der Waals surface area contributed by atoms with Crippen LogP contribution in [0.3, 0.4) is 0 Å². The molecule has 0 aromatic carbocycles. The van der Waals surface area contributed by atoms with Gasteiger partial charge in [-0.3, -0.25) is 4.99 Å². The molecule has 4 nitrogen and oxygen atoms in total. The molecule has 0 aromatic rings. The van der Waals surface area contributed by atoms with Crippen LogP contribution in [-0.2, 0) is 4.74 Å². The Kier molecular flexibility index (Phi) is 9.64. The van der Waals surface area contributed by atoms with Crippen molar-refractivity contribution in [3.63, 3.8) is 0 Å². The van der Waals surface area contributed by atoms with E-state index in [0.717, 1.165) is 37.5 Å². The largest absolute Gasteiger partial charge is 0.376 e. The molecule has 2 N–H and O–H groups in total. The molecule has 2 fully saturated rings. The Bertz CT molecular complexity index is 298. The molecular weight excluding hydrogens is 377 g/mol. The molecular formula is C16H32IN3O. The molecule has 21 heavy (non-hydrogen) atoms. The summed E-state index contributed by atoms with van der Waals surface area (Å²) in [5.41, 5.74) is 0. The number of ether oxygens (including phenoxy) is 1. The minimum absolute atomic E-state index is 0. The lowest BCUT2D eigenvalue weighted by Gasteiger charge is -2.28. The summed E-state index contributed by atoms with van der Waals surface area (Å²) >= 11 is 0. The van der Waals surface area contributed by atoms with Gasteiger partial charge in [0.25, 0.3) is 0 Å². The summed E-state index contributed by atoms with van der Waals surface area (Å²) in [6, 6.07) is 0. The van der Waals surface area contributed by atoms with Gasteiger partial charge in [0.15, 0.2) is 5.96 Å². The van der Waals surface area contributed by atoms with Crippen LogP contribution in [-0.4, -0.2) is 38.8 Å². The van der Waals surface area contributed by atoms with E-state index in [1.54, 1.807) is 0 Å². The van der Waals surface area contributed by atoms with Gasteiger partial charge in [-0.05, 0) is 37.5 Å². The zero-order valence-corrected chi connectivity index (χ0v) is 15.9. The van der Waals surface area contributed by atoms with E-state index in [-0.39, 0.29) is 24.0 Å². The van der Waals surface area contributed by atoms with Crippen LogP contribution in [0.25, 0.3) is 0 Å². The second-order valence-corrected chi connectivity index (χ2v) is 6.26. The minimum atomic E-state index is 0. The molecule has 1 heterocycles. The third-order valence-electron chi connectivity index (χ3n) is 4.85. The van der Waals surface area contributed by atoms with Crippen molar-refractivity contribution in [2.45, 2.75) is 58.0 Å². The lowest BCUT2D eigenvalue weighted by atomic mass is 9.81. The summed E-state index contributed by atoms with van der Waals surface area (Å²) in [6.07, 6.45) is 9.64. The van der Waals surface area contributed by atoms with E-state index in [9.17, 15) is 0 Å². The molecule has 0 aromatic heterocycles. The third kappa shape index (κ3) is 6.72. The van der Waals surface area contributed by atoms with E-state index in [0.29, 0.717) is 6.10 Å². The Morgan fingerprint density at radius 2 is 1.71 bits per heavy atom. The maximum absolute atomic E-state index is 5.62. The lowest BCUT2D eigenvalue weighted by Crippen LogP contribution is -2.43. The van der Waals surface area contributed by atoms with Crippen molar-refractivity contribution in [2.75, 3.05) is 26.7 Å². The number of aliphatic imine (C=N–C) groups is 1. The predicted octanol–water partition coefficient (Wildman–Crippen LogP) is 3.16. The maximum Gasteiger partial charge on any atom is 0.191 e. The van der Waals surface area contributed by atoms with Gasteiger partial charge in [0, 0.05) is 26.7 Å². The van der Waals surface area contributed by atoms with Crippen molar-refractivity contribution in [3.8, 4) is 0 Å². The maximum atomic E-state index is 5.62. The fraction of sp³-hybridized carbons (Fsp3) is 0.938. The highest BCUT2D eigenvalue weighted by Gasteiger charge is 2.20. The first kappa shape index (κ1) is 19.0. The number of halogens is 1. The molecule has 1 aliphatic heterocycles. The molecule has 0 bridgehead atoms.